The fraction of sp³-hybridized carbons (Fsp3) is 0.458. The number of ether oxygens (including phenoxy) is 2. The monoisotopic (exact) mass is 458 g/mol. The normalized spacial score (nSPS) is 17.9. The van der Waals surface area contributed by atoms with Crippen LogP contribution < -0.4 is 10.1 Å². The molecule has 4 rings (SSSR count). The molecule has 1 N–H and O–H groups in total. The van der Waals surface area contributed by atoms with Crippen LogP contribution in [-0.2, 0) is 26.0 Å². The van der Waals surface area contributed by atoms with Gasteiger partial charge in [-0.05, 0) is 61.9 Å². The van der Waals surface area contributed by atoms with Crippen molar-refractivity contribution < 1.29 is 22.7 Å². The van der Waals surface area contributed by atoms with Crippen molar-refractivity contribution in [2.45, 2.75) is 49.5 Å². The quantitative estimate of drug-likeness (QED) is 0.653. The number of aryl methyl sites for hydroxylation is 1. The van der Waals surface area contributed by atoms with Gasteiger partial charge in [-0.2, -0.15) is 4.31 Å². The number of anilines is 1. The molecule has 1 saturated heterocycles. The molecule has 2 aromatic rings. The molecule has 1 amide bonds. The lowest BCUT2D eigenvalue weighted by molar-refractivity contribution is -0.116. The first-order valence-corrected chi connectivity index (χ1v) is 12.7. The molecule has 0 bridgehead atoms. The van der Waals surface area contributed by atoms with Gasteiger partial charge < -0.3 is 14.8 Å². The van der Waals surface area contributed by atoms with Crippen molar-refractivity contribution in [2.75, 3.05) is 31.6 Å². The summed E-state index contributed by atoms with van der Waals surface area (Å²) in [6, 6.07) is 14.3. The van der Waals surface area contributed by atoms with Gasteiger partial charge in [-0.3, -0.25) is 4.79 Å². The van der Waals surface area contributed by atoms with Gasteiger partial charge in [0.1, 0.15) is 5.75 Å². The third kappa shape index (κ3) is 5.88. The van der Waals surface area contributed by atoms with Crippen molar-refractivity contribution >= 4 is 21.6 Å². The minimum Gasteiger partial charge on any atom is -0.490 e. The number of nitrogens with zero attached hydrogens (tertiary/aromatic N) is 1. The van der Waals surface area contributed by atoms with Crippen molar-refractivity contribution in [3.63, 3.8) is 0 Å². The molecule has 2 fully saturated rings. The van der Waals surface area contributed by atoms with E-state index in [9.17, 15) is 13.2 Å². The Hall–Kier alpha value is -2.42. The predicted octanol–water partition coefficient (Wildman–Crippen LogP) is 3.60. The number of amides is 1. The average molecular weight is 459 g/mol. The Morgan fingerprint density at radius 2 is 1.78 bits per heavy atom. The van der Waals surface area contributed by atoms with Gasteiger partial charge in [-0.1, -0.05) is 18.2 Å². The van der Waals surface area contributed by atoms with Crippen LogP contribution in [0.15, 0.2) is 53.4 Å². The van der Waals surface area contributed by atoms with Gasteiger partial charge in [0.2, 0.25) is 15.9 Å². The summed E-state index contributed by atoms with van der Waals surface area (Å²) in [5.41, 5.74) is 1.64. The summed E-state index contributed by atoms with van der Waals surface area (Å²) in [4.78, 5) is 12.7. The molecule has 0 radical (unpaired) electrons. The fourth-order valence-electron chi connectivity index (χ4n) is 4.09. The number of sulfonamides is 1. The standard InChI is InChI=1S/C24H30N2O5S/c27-24(25-20-4-3-7-22(18-20)31-21-5-1-2-6-21)13-10-19-8-11-23(12-9-19)32(28,29)26-14-16-30-17-15-26/h3-4,7-9,11-12,18,21H,1-2,5-6,10,13-17H2,(H,25,27). The largest absolute Gasteiger partial charge is 0.490 e. The summed E-state index contributed by atoms with van der Waals surface area (Å²) < 4.78 is 38.1. The zero-order valence-electron chi connectivity index (χ0n) is 18.2. The number of morpholine rings is 1. The van der Waals surface area contributed by atoms with Crippen LogP contribution in [0.4, 0.5) is 5.69 Å². The Balaban J connectivity index is 1.28. The summed E-state index contributed by atoms with van der Waals surface area (Å²) in [6.07, 6.45) is 5.70. The summed E-state index contributed by atoms with van der Waals surface area (Å²) in [6.45, 7) is 1.58. The van der Waals surface area contributed by atoms with Gasteiger partial charge >= 0.3 is 0 Å². The molecule has 32 heavy (non-hydrogen) atoms. The molecule has 0 spiro atoms. The molecular weight excluding hydrogens is 428 g/mol. The molecule has 172 valence electrons. The number of carbonyl (C=O) groups excluding carboxylic acids is 1. The van der Waals surface area contributed by atoms with Crippen LogP contribution in [0.1, 0.15) is 37.7 Å². The maximum atomic E-state index is 12.7. The molecule has 7 nitrogen and oxygen atoms in total. The van der Waals surface area contributed by atoms with Crippen molar-refractivity contribution in [1.82, 2.24) is 4.31 Å². The highest BCUT2D eigenvalue weighted by atomic mass is 32.2. The zero-order valence-corrected chi connectivity index (χ0v) is 19.0. The van der Waals surface area contributed by atoms with Crippen LogP contribution in [0, 0.1) is 0 Å². The van der Waals surface area contributed by atoms with E-state index in [1.165, 1.54) is 17.1 Å². The maximum absolute atomic E-state index is 12.7. The minimum absolute atomic E-state index is 0.0898. The summed E-state index contributed by atoms with van der Waals surface area (Å²) >= 11 is 0. The number of benzene rings is 2. The van der Waals surface area contributed by atoms with Crippen LogP contribution in [0.2, 0.25) is 0 Å². The van der Waals surface area contributed by atoms with Crippen LogP contribution in [0.25, 0.3) is 0 Å². The molecule has 2 aliphatic rings. The van der Waals surface area contributed by atoms with E-state index in [4.69, 9.17) is 9.47 Å². The molecule has 2 aromatic carbocycles. The zero-order chi connectivity index (χ0) is 22.4. The fourth-order valence-corrected chi connectivity index (χ4v) is 5.50. The van der Waals surface area contributed by atoms with Gasteiger partial charge in [0.05, 0.1) is 24.2 Å². The Bertz CT molecular complexity index is 1010. The lowest BCUT2D eigenvalue weighted by Crippen LogP contribution is -2.40. The molecule has 1 aliphatic heterocycles. The maximum Gasteiger partial charge on any atom is 0.243 e. The van der Waals surface area contributed by atoms with E-state index < -0.39 is 10.0 Å². The van der Waals surface area contributed by atoms with Crippen LogP contribution >= 0.6 is 0 Å². The SMILES string of the molecule is O=C(CCc1ccc(S(=O)(=O)N2CCOCC2)cc1)Nc1cccc(OC2CCCC2)c1. The molecule has 1 heterocycles. The van der Waals surface area contributed by atoms with Crippen molar-refractivity contribution in [2.24, 2.45) is 0 Å². The van der Waals surface area contributed by atoms with Gasteiger partial charge in [0.25, 0.3) is 0 Å². The lowest BCUT2D eigenvalue weighted by Gasteiger charge is -2.26. The Morgan fingerprint density at radius 1 is 1.06 bits per heavy atom. The van der Waals surface area contributed by atoms with E-state index in [1.54, 1.807) is 24.3 Å². The predicted molar refractivity (Wildman–Crippen MR) is 122 cm³/mol. The van der Waals surface area contributed by atoms with Crippen LogP contribution in [-0.4, -0.2) is 51.0 Å². The number of hydrogen-bond acceptors (Lipinski definition) is 5. The highest BCUT2D eigenvalue weighted by Crippen LogP contribution is 2.26. The summed E-state index contributed by atoms with van der Waals surface area (Å²) in [7, 11) is -3.50. The minimum atomic E-state index is -3.50. The highest BCUT2D eigenvalue weighted by molar-refractivity contribution is 7.89. The van der Waals surface area contributed by atoms with E-state index >= 15 is 0 Å². The van der Waals surface area contributed by atoms with E-state index in [0.717, 1.165) is 29.8 Å². The van der Waals surface area contributed by atoms with E-state index in [-0.39, 0.29) is 16.9 Å². The average Bonchev–Trinajstić information content (AvgIpc) is 3.32. The summed E-state index contributed by atoms with van der Waals surface area (Å²) in [5.74, 6) is 0.694. The Labute approximate surface area is 189 Å². The van der Waals surface area contributed by atoms with E-state index in [0.29, 0.717) is 39.1 Å². The van der Waals surface area contributed by atoms with Crippen molar-refractivity contribution in [3.8, 4) is 5.75 Å². The van der Waals surface area contributed by atoms with Gasteiger partial charge in [-0.15, -0.1) is 0 Å². The number of hydrogen-bond donors (Lipinski definition) is 1. The second kappa shape index (κ2) is 10.5. The topological polar surface area (TPSA) is 84.9 Å². The molecule has 0 atom stereocenters. The molecule has 0 unspecified atom stereocenters. The van der Waals surface area contributed by atoms with Gasteiger partial charge in [-0.25, -0.2) is 8.42 Å². The first-order valence-electron chi connectivity index (χ1n) is 11.2. The van der Waals surface area contributed by atoms with Crippen molar-refractivity contribution in [1.29, 1.82) is 0 Å². The third-order valence-corrected chi connectivity index (χ3v) is 7.81. The number of rotatable bonds is 8. The second-order valence-electron chi connectivity index (χ2n) is 8.26. The molecule has 0 aromatic heterocycles. The molecule has 1 aliphatic carbocycles. The third-order valence-electron chi connectivity index (χ3n) is 5.89. The van der Waals surface area contributed by atoms with E-state index in [1.807, 2.05) is 24.3 Å². The van der Waals surface area contributed by atoms with Gasteiger partial charge in [0.15, 0.2) is 0 Å². The Kier molecular flexibility index (Phi) is 7.44. The first kappa shape index (κ1) is 22.8. The first-order chi connectivity index (χ1) is 15.5. The second-order valence-corrected chi connectivity index (χ2v) is 10.2. The number of carbonyl (C=O) groups is 1. The van der Waals surface area contributed by atoms with Gasteiger partial charge in [0, 0.05) is 31.3 Å². The molecule has 1 saturated carbocycles. The van der Waals surface area contributed by atoms with E-state index in [2.05, 4.69) is 5.32 Å². The smallest absolute Gasteiger partial charge is 0.243 e. The highest BCUT2D eigenvalue weighted by Gasteiger charge is 2.26. The van der Waals surface area contributed by atoms with Crippen LogP contribution in [0.3, 0.4) is 0 Å². The van der Waals surface area contributed by atoms with Crippen LogP contribution in [0.5, 0.6) is 5.75 Å². The van der Waals surface area contributed by atoms with Crippen molar-refractivity contribution in [3.05, 3.63) is 54.1 Å². The number of nitrogens with one attached hydrogen (secondary N) is 1. The molecule has 8 heteroatoms. The molecular formula is C24H30N2O5S. The lowest BCUT2D eigenvalue weighted by atomic mass is 10.1. The summed E-state index contributed by atoms with van der Waals surface area (Å²) in [5, 5.41) is 2.92. The Morgan fingerprint density at radius 3 is 2.50 bits per heavy atom.